The predicted octanol–water partition coefficient (Wildman–Crippen LogP) is 2.00. The van der Waals surface area contributed by atoms with Crippen LogP contribution in [-0.4, -0.2) is 15.7 Å². The number of hydrogen-bond acceptors (Lipinski definition) is 3. The van der Waals surface area contributed by atoms with Crippen LogP contribution >= 0.6 is 0 Å². The van der Waals surface area contributed by atoms with Crippen LogP contribution in [0.3, 0.4) is 0 Å². The van der Waals surface area contributed by atoms with Crippen LogP contribution in [0.1, 0.15) is 32.3 Å². The Bertz CT molecular complexity index is 370. The van der Waals surface area contributed by atoms with Crippen LogP contribution in [0.15, 0.2) is 18.5 Å². The van der Waals surface area contributed by atoms with Crippen molar-refractivity contribution < 1.29 is 5.11 Å². The normalized spacial score (nSPS) is 29.1. The van der Waals surface area contributed by atoms with Gasteiger partial charge in [-0.25, -0.2) is 0 Å². The molecule has 0 aliphatic heterocycles. The van der Waals surface area contributed by atoms with E-state index in [1.165, 1.54) is 0 Å². The quantitative estimate of drug-likeness (QED) is 0.819. The van der Waals surface area contributed by atoms with Crippen LogP contribution < -0.4 is 5.73 Å². The van der Waals surface area contributed by atoms with E-state index in [0.717, 1.165) is 24.1 Å². The molecule has 0 atom stereocenters. The van der Waals surface area contributed by atoms with Gasteiger partial charge in [0.1, 0.15) is 0 Å². The van der Waals surface area contributed by atoms with Gasteiger partial charge in [0.05, 0.1) is 5.60 Å². The summed E-state index contributed by atoms with van der Waals surface area (Å²) in [6, 6.07) is 1.79. The third kappa shape index (κ3) is 2.19. The third-order valence-corrected chi connectivity index (χ3v) is 3.69. The summed E-state index contributed by atoms with van der Waals surface area (Å²) in [6.07, 6.45) is 5.85. The molecule has 2 rings (SSSR count). The summed E-state index contributed by atoms with van der Waals surface area (Å²) in [5.41, 5.74) is 7.00. The van der Waals surface area contributed by atoms with Gasteiger partial charge in [-0.05, 0) is 36.3 Å². The van der Waals surface area contributed by atoms with Crippen molar-refractivity contribution in [3.8, 4) is 0 Å². The van der Waals surface area contributed by atoms with Crippen molar-refractivity contribution >= 4 is 5.69 Å². The largest absolute Gasteiger partial charge is 0.398 e. The first-order chi connectivity index (χ1) is 7.50. The number of hydrogen-bond donors (Lipinski definition) is 2. The average molecular weight is 220 g/mol. The Morgan fingerprint density at radius 1 is 1.56 bits per heavy atom. The van der Waals surface area contributed by atoms with Crippen LogP contribution in [-0.2, 0) is 6.42 Å². The van der Waals surface area contributed by atoms with Gasteiger partial charge in [0.2, 0.25) is 0 Å². The number of nitrogen functional groups attached to an aromatic ring is 1. The zero-order chi connectivity index (χ0) is 11.8. The fraction of sp³-hybridized carbons (Fsp3) is 0.615. The van der Waals surface area contributed by atoms with Gasteiger partial charge in [0.15, 0.2) is 0 Å². The molecule has 0 bridgehead atoms. The molecule has 0 amide bonds. The maximum absolute atomic E-state index is 10.3. The molecule has 3 N–H and O–H groups in total. The Hall–Kier alpha value is -1.09. The lowest BCUT2D eigenvalue weighted by atomic mass is 9.64. The molecular formula is C13H20N2O. The lowest BCUT2D eigenvalue weighted by Crippen LogP contribution is -2.47. The molecule has 1 aromatic heterocycles. The molecule has 1 aromatic rings. The highest BCUT2D eigenvalue weighted by Gasteiger charge is 2.43. The number of nitrogens with zero attached hydrogens (tertiary/aromatic N) is 1. The van der Waals surface area contributed by atoms with Crippen molar-refractivity contribution in [1.29, 1.82) is 0 Å². The van der Waals surface area contributed by atoms with Gasteiger partial charge in [-0.2, -0.15) is 0 Å². The first-order valence-electron chi connectivity index (χ1n) is 5.91. The Morgan fingerprint density at radius 2 is 2.25 bits per heavy atom. The van der Waals surface area contributed by atoms with Crippen molar-refractivity contribution in [2.75, 3.05) is 5.73 Å². The Balaban J connectivity index is 1.99. The van der Waals surface area contributed by atoms with Crippen LogP contribution in [0.25, 0.3) is 0 Å². The standard InChI is InChI=1S/C13H20N2O/c1-9(2)10-5-13(16,6-10)7-11-8-15-4-3-12(11)14/h3-4,8-10,16H,5-7H2,1-2H3,(H2,14,15). The van der Waals surface area contributed by atoms with Gasteiger partial charge in [0, 0.05) is 24.5 Å². The van der Waals surface area contributed by atoms with Crippen molar-refractivity contribution in [1.82, 2.24) is 4.98 Å². The zero-order valence-corrected chi connectivity index (χ0v) is 9.98. The van der Waals surface area contributed by atoms with Gasteiger partial charge in [-0.1, -0.05) is 13.8 Å². The van der Waals surface area contributed by atoms with E-state index in [2.05, 4.69) is 18.8 Å². The molecule has 1 heterocycles. The monoisotopic (exact) mass is 220 g/mol. The molecule has 16 heavy (non-hydrogen) atoms. The number of nitrogens with two attached hydrogens (primary N) is 1. The summed E-state index contributed by atoms with van der Waals surface area (Å²) < 4.78 is 0. The fourth-order valence-corrected chi connectivity index (χ4v) is 2.47. The highest BCUT2D eigenvalue weighted by Crippen LogP contribution is 2.44. The van der Waals surface area contributed by atoms with E-state index in [1.54, 1.807) is 18.5 Å². The second-order valence-electron chi connectivity index (χ2n) is 5.39. The number of anilines is 1. The third-order valence-electron chi connectivity index (χ3n) is 3.69. The summed E-state index contributed by atoms with van der Waals surface area (Å²) in [7, 11) is 0. The number of pyridine rings is 1. The smallest absolute Gasteiger partial charge is 0.0694 e. The Morgan fingerprint density at radius 3 is 2.81 bits per heavy atom. The molecule has 0 radical (unpaired) electrons. The summed E-state index contributed by atoms with van der Waals surface area (Å²) in [5, 5.41) is 10.3. The highest BCUT2D eigenvalue weighted by molar-refractivity contribution is 5.45. The molecule has 1 aliphatic rings. The number of aromatic nitrogens is 1. The topological polar surface area (TPSA) is 59.1 Å². The lowest BCUT2D eigenvalue weighted by molar-refractivity contribution is -0.0859. The lowest BCUT2D eigenvalue weighted by Gasteiger charge is -2.46. The molecule has 0 aromatic carbocycles. The maximum Gasteiger partial charge on any atom is 0.0694 e. The van der Waals surface area contributed by atoms with Crippen LogP contribution in [0.4, 0.5) is 5.69 Å². The SMILES string of the molecule is CC(C)C1CC(O)(Cc2cnccc2N)C1. The zero-order valence-electron chi connectivity index (χ0n) is 9.98. The summed E-state index contributed by atoms with van der Waals surface area (Å²) in [4.78, 5) is 4.05. The minimum Gasteiger partial charge on any atom is -0.398 e. The number of aliphatic hydroxyl groups is 1. The molecule has 88 valence electrons. The minimum atomic E-state index is -0.550. The van der Waals surface area contributed by atoms with Crippen LogP contribution in [0.5, 0.6) is 0 Å². The van der Waals surface area contributed by atoms with E-state index in [9.17, 15) is 5.11 Å². The van der Waals surface area contributed by atoms with E-state index in [4.69, 9.17) is 5.73 Å². The van der Waals surface area contributed by atoms with Crippen molar-refractivity contribution in [3.63, 3.8) is 0 Å². The molecule has 0 spiro atoms. The Kier molecular flexibility index (Phi) is 2.89. The highest BCUT2D eigenvalue weighted by atomic mass is 16.3. The summed E-state index contributed by atoms with van der Waals surface area (Å²) >= 11 is 0. The summed E-state index contributed by atoms with van der Waals surface area (Å²) in [6.45, 7) is 4.42. The second kappa shape index (κ2) is 4.06. The van der Waals surface area contributed by atoms with Gasteiger partial charge in [-0.15, -0.1) is 0 Å². The van der Waals surface area contributed by atoms with Gasteiger partial charge in [0.25, 0.3) is 0 Å². The molecule has 0 unspecified atom stereocenters. The van der Waals surface area contributed by atoms with Gasteiger partial charge in [-0.3, -0.25) is 4.98 Å². The molecule has 3 heteroatoms. The van der Waals surface area contributed by atoms with E-state index < -0.39 is 5.60 Å². The number of rotatable bonds is 3. The van der Waals surface area contributed by atoms with Gasteiger partial charge < -0.3 is 10.8 Å². The molecule has 0 saturated heterocycles. The minimum absolute atomic E-state index is 0.550. The van der Waals surface area contributed by atoms with Crippen molar-refractivity contribution in [3.05, 3.63) is 24.0 Å². The van der Waals surface area contributed by atoms with E-state index >= 15 is 0 Å². The molecule has 3 nitrogen and oxygen atoms in total. The van der Waals surface area contributed by atoms with Crippen molar-refractivity contribution in [2.24, 2.45) is 11.8 Å². The second-order valence-corrected chi connectivity index (χ2v) is 5.39. The first-order valence-corrected chi connectivity index (χ1v) is 5.91. The first kappa shape index (κ1) is 11.4. The van der Waals surface area contributed by atoms with E-state index in [1.807, 2.05) is 0 Å². The van der Waals surface area contributed by atoms with E-state index in [0.29, 0.717) is 18.3 Å². The molecular weight excluding hydrogens is 200 g/mol. The Labute approximate surface area is 96.7 Å². The predicted molar refractivity (Wildman–Crippen MR) is 64.9 cm³/mol. The fourth-order valence-electron chi connectivity index (χ4n) is 2.47. The summed E-state index contributed by atoms with van der Waals surface area (Å²) in [5.74, 6) is 1.31. The van der Waals surface area contributed by atoms with Crippen LogP contribution in [0, 0.1) is 11.8 Å². The molecule has 1 aliphatic carbocycles. The van der Waals surface area contributed by atoms with Crippen LogP contribution in [0.2, 0.25) is 0 Å². The maximum atomic E-state index is 10.3. The molecule has 1 fully saturated rings. The van der Waals surface area contributed by atoms with E-state index in [-0.39, 0.29) is 0 Å². The average Bonchev–Trinajstić information content (AvgIpc) is 2.17. The van der Waals surface area contributed by atoms with Crippen molar-refractivity contribution in [2.45, 2.75) is 38.7 Å². The molecule has 1 saturated carbocycles. The van der Waals surface area contributed by atoms with Gasteiger partial charge >= 0.3 is 0 Å².